The summed E-state index contributed by atoms with van der Waals surface area (Å²) in [7, 11) is 1.72. The number of guanidine groups is 1. The van der Waals surface area contributed by atoms with Crippen LogP contribution in [0.2, 0.25) is 0 Å². The molecule has 1 aromatic carbocycles. The molecule has 1 aliphatic rings. The summed E-state index contributed by atoms with van der Waals surface area (Å²) >= 11 is 2.09. The molecule has 1 heterocycles. The lowest BCUT2D eigenvalue weighted by Crippen LogP contribution is -2.48. The summed E-state index contributed by atoms with van der Waals surface area (Å²) in [6, 6.07) is 8.19. The minimum atomic E-state index is 0.724. The lowest BCUT2D eigenvalue weighted by molar-refractivity contribution is 0.406. The van der Waals surface area contributed by atoms with Crippen molar-refractivity contribution in [1.29, 1.82) is 0 Å². The zero-order valence-electron chi connectivity index (χ0n) is 14.5. The van der Waals surface area contributed by atoms with Crippen LogP contribution < -0.4 is 10.1 Å². The van der Waals surface area contributed by atoms with Crippen LogP contribution in [0.15, 0.2) is 29.3 Å². The van der Waals surface area contributed by atoms with Crippen molar-refractivity contribution in [2.45, 2.75) is 31.9 Å². The molecule has 4 nitrogen and oxygen atoms in total. The monoisotopic (exact) mass is 335 g/mol. The van der Waals surface area contributed by atoms with E-state index in [2.05, 4.69) is 48.0 Å². The van der Waals surface area contributed by atoms with Gasteiger partial charge in [0.2, 0.25) is 0 Å². The quantitative estimate of drug-likeness (QED) is 0.640. The number of thioether (sulfide) groups is 1. The highest BCUT2D eigenvalue weighted by Gasteiger charge is 2.21. The van der Waals surface area contributed by atoms with Crippen molar-refractivity contribution >= 4 is 17.7 Å². The van der Waals surface area contributed by atoms with Gasteiger partial charge < -0.3 is 15.0 Å². The Hall–Kier alpha value is -1.36. The Morgan fingerprint density at radius 2 is 2.22 bits per heavy atom. The van der Waals surface area contributed by atoms with Gasteiger partial charge in [0.25, 0.3) is 0 Å². The predicted molar refractivity (Wildman–Crippen MR) is 101 cm³/mol. The molecule has 0 radical (unpaired) electrons. The summed E-state index contributed by atoms with van der Waals surface area (Å²) in [6.07, 6.45) is 2.13. The Bertz CT molecular complexity index is 507. The molecule has 0 amide bonds. The van der Waals surface area contributed by atoms with Crippen LogP contribution >= 0.6 is 11.8 Å². The number of rotatable bonds is 6. The summed E-state index contributed by atoms with van der Waals surface area (Å²) in [6.45, 7) is 8.28. The number of methoxy groups -OCH3 is 1. The average Bonchev–Trinajstić information content (AvgIpc) is 2.61. The molecule has 1 fully saturated rings. The van der Waals surface area contributed by atoms with Crippen molar-refractivity contribution < 1.29 is 4.74 Å². The molecule has 0 aromatic heterocycles. The maximum absolute atomic E-state index is 5.42. The Balaban J connectivity index is 1.98. The minimum Gasteiger partial charge on any atom is -0.496 e. The molecule has 1 saturated heterocycles. The van der Waals surface area contributed by atoms with Gasteiger partial charge in [-0.05, 0) is 31.4 Å². The molecule has 1 N–H and O–H groups in total. The number of hydrogen-bond donors (Lipinski definition) is 1. The molecule has 5 heteroatoms. The molecule has 0 spiro atoms. The summed E-state index contributed by atoms with van der Waals surface area (Å²) < 4.78 is 5.42. The SMILES string of the molecule is CCNC(=NCCc1ccccc1OC)N1CCSC(CC)C1. The summed E-state index contributed by atoms with van der Waals surface area (Å²) in [5.74, 6) is 3.20. The smallest absolute Gasteiger partial charge is 0.193 e. The van der Waals surface area contributed by atoms with Crippen LogP contribution in [0.4, 0.5) is 0 Å². The first-order valence-corrected chi connectivity index (χ1v) is 9.60. The highest BCUT2D eigenvalue weighted by molar-refractivity contribution is 8.00. The standard InChI is InChI=1S/C18H29N3OS/c1-4-16-14-21(12-13-23-16)18(19-5-2)20-11-10-15-8-6-7-9-17(15)22-3/h6-9,16H,4-5,10-14H2,1-3H3,(H,19,20). The van der Waals surface area contributed by atoms with E-state index in [4.69, 9.17) is 9.73 Å². The molecule has 0 bridgehead atoms. The fraction of sp³-hybridized carbons (Fsp3) is 0.611. The molecular weight excluding hydrogens is 306 g/mol. The number of benzene rings is 1. The van der Waals surface area contributed by atoms with E-state index in [9.17, 15) is 0 Å². The second-order valence-electron chi connectivity index (χ2n) is 5.64. The van der Waals surface area contributed by atoms with Gasteiger partial charge >= 0.3 is 0 Å². The number of nitrogens with one attached hydrogen (secondary N) is 1. The molecular formula is C18H29N3OS. The molecule has 1 atom stereocenters. The van der Waals surface area contributed by atoms with Crippen molar-refractivity contribution in [3.05, 3.63) is 29.8 Å². The maximum atomic E-state index is 5.42. The van der Waals surface area contributed by atoms with Crippen LogP contribution in [-0.2, 0) is 6.42 Å². The van der Waals surface area contributed by atoms with Crippen molar-refractivity contribution in [3.63, 3.8) is 0 Å². The van der Waals surface area contributed by atoms with E-state index in [1.807, 2.05) is 12.1 Å². The number of nitrogens with zero attached hydrogens (tertiary/aromatic N) is 2. The highest BCUT2D eigenvalue weighted by atomic mass is 32.2. The van der Waals surface area contributed by atoms with Gasteiger partial charge in [0.1, 0.15) is 5.75 Å². The minimum absolute atomic E-state index is 0.724. The number of para-hydroxylation sites is 1. The normalized spacial score (nSPS) is 18.8. The van der Waals surface area contributed by atoms with Gasteiger partial charge in [0.15, 0.2) is 5.96 Å². The fourth-order valence-corrected chi connectivity index (χ4v) is 3.96. The molecule has 2 rings (SSSR count). The molecule has 0 aliphatic carbocycles. The Morgan fingerprint density at radius 1 is 1.39 bits per heavy atom. The largest absolute Gasteiger partial charge is 0.496 e. The Kier molecular flexibility index (Phi) is 7.59. The van der Waals surface area contributed by atoms with E-state index >= 15 is 0 Å². The van der Waals surface area contributed by atoms with Crippen molar-refractivity contribution in [3.8, 4) is 5.75 Å². The fourth-order valence-electron chi connectivity index (χ4n) is 2.78. The zero-order chi connectivity index (χ0) is 16.5. The van der Waals surface area contributed by atoms with Crippen molar-refractivity contribution in [2.75, 3.05) is 39.0 Å². The van der Waals surface area contributed by atoms with E-state index < -0.39 is 0 Å². The first kappa shape index (κ1) is 18.0. The van der Waals surface area contributed by atoms with Gasteiger partial charge in [-0.3, -0.25) is 4.99 Å². The zero-order valence-corrected chi connectivity index (χ0v) is 15.4. The maximum Gasteiger partial charge on any atom is 0.193 e. The number of ether oxygens (including phenoxy) is 1. The van der Waals surface area contributed by atoms with E-state index in [1.54, 1.807) is 7.11 Å². The molecule has 1 unspecified atom stereocenters. The van der Waals surface area contributed by atoms with Gasteiger partial charge in [0.05, 0.1) is 7.11 Å². The molecule has 128 valence electrons. The molecule has 1 aromatic rings. The third-order valence-electron chi connectivity index (χ3n) is 4.06. The molecule has 23 heavy (non-hydrogen) atoms. The van der Waals surface area contributed by atoms with E-state index in [-0.39, 0.29) is 0 Å². The summed E-state index contributed by atoms with van der Waals surface area (Å²) in [5.41, 5.74) is 1.22. The van der Waals surface area contributed by atoms with Gasteiger partial charge in [-0.2, -0.15) is 11.8 Å². The van der Waals surface area contributed by atoms with Gasteiger partial charge in [-0.25, -0.2) is 0 Å². The predicted octanol–water partition coefficient (Wildman–Crippen LogP) is 3.03. The first-order chi connectivity index (χ1) is 11.3. The van der Waals surface area contributed by atoms with E-state index in [0.29, 0.717) is 0 Å². The van der Waals surface area contributed by atoms with E-state index in [0.717, 1.165) is 49.6 Å². The third-order valence-corrected chi connectivity index (χ3v) is 5.44. The lowest BCUT2D eigenvalue weighted by Gasteiger charge is -2.34. The Morgan fingerprint density at radius 3 is 2.96 bits per heavy atom. The first-order valence-electron chi connectivity index (χ1n) is 8.55. The topological polar surface area (TPSA) is 36.9 Å². The number of aliphatic imine (C=N–C) groups is 1. The number of hydrogen-bond acceptors (Lipinski definition) is 3. The second kappa shape index (κ2) is 9.71. The van der Waals surface area contributed by atoms with Crippen LogP contribution in [0.3, 0.4) is 0 Å². The highest BCUT2D eigenvalue weighted by Crippen LogP contribution is 2.21. The second-order valence-corrected chi connectivity index (χ2v) is 7.05. The average molecular weight is 336 g/mol. The van der Waals surface area contributed by atoms with Crippen molar-refractivity contribution in [1.82, 2.24) is 10.2 Å². The Labute approximate surface area is 144 Å². The van der Waals surface area contributed by atoms with Crippen LogP contribution in [0.1, 0.15) is 25.8 Å². The van der Waals surface area contributed by atoms with Crippen LogP contribution in [0.25, 0.3) is 0 Å². The molecule has 1 aliphatic heterocycles. The molecule has 0 saturated carbocycles. The van der Waals surface area contributed by atoms with Crippen LogP contribution in [-0.4, -0.2) is 55.2 Å². The van der Waals surface area contributed by atoms with Crippen LogP contribution in [0.5, 0.6) is 5.75 Å². The van der Waals surface area contributed by atoms with Crippen molar-refractivity contribution in [2.24, 2.45) is 4.99 Å². The summed E-state index contributed by atoms with van der Waals surface area (Å²) in [4.78, 5) is 7.26. The van der Waals surface area contributed by atoms with Crippen LogP contribution in [0, 0.1) is 0 Å². The van der Waals surface area contributed by atoms with Gasteiger partial charge in [-0.15, -0.1) is 0 Å². The third kappa shape index (κ3) is 5.34. The summed E-state index contributed by atoms with van der Waals surface area (Å²) in [5, 5.41) is 4.17. The van der Waals surface area contributed by atoms with Gasteiger partial charge in [-0.1, -0.05) is 25.1 Å². The van der Waals surface area contributed by atoms with E-state index in [1.165, 1.54) is 17.7 Å². The van der Waals surface area contributed by atoms with Gasteiger partial charge in [0, 0.05) is 37.2 Å². The lowest BCUT2D eigenvalue weighted by atomic mass is 10.1.